The summed E-state index contributed by atoms with van der Waals surface area (Å²) in [4.78, 5) is 38.1. The van der Waals surface area contributed by atoms with Gasteiger partial charge in [-0.1, -0.05) is 37.5 Å². The first-order chi connectivity index (χ1) is 20.7. The molecule has 4 atom stereocenters. The number of fused-ring (bicyclic) bond motifs is 1. The van der Waals surface area contributed by atoms with Crippen molar-refractivity contribution in [3.8, 4) is 0 Å². The van der Waals surface area contributed by atoms with Gasteiger partial charge in [0, 0.05) is 35.9 Å². The predicted octanol–water partition coefficient (Wildman–Crippen LogP) is 7.17. The van der Waals surface area contributed by atoms with Crippen LogP contribution >= 0.6 is 0 Å². The summed E-state index contributed by atoms with van der Waals surface area (Å²) >= 11 is 0. The van der Waals surface area contributed by atoms with Gasteiger partial charge in [-0.25, -0.2) is 9.97 Å². The number of anilines is 2. The van der Waals surface area contributed by atoms with Gasteiger partial charge in [0.1, 0.15) is 6.33 Å². The molecule has 43 heavy (non-hydrogen) atoms. The molecule has 2 N–H and O–H groups in total. The molecular formula is C33H36F3N5O2. The van der Waals surface area contributed by atoms with E-state index in [-0.39, 0.29) is 29.1 Å². The fourth-order valence-electron chi connectivity index (χ4n) is 7.31. The number of carbonyl (C=O) groups is 2. The number of hydrogen-bond donors (Lipinski definition) is 2. The van der Waals surface area contributed by atoms with Gasteiger partial charge in [0.15, 0.2) is 0 Å². The zero-order valence-electron chi connectivity index (χ0n) is 24.1. The molecule has 3 aliphatic rings. The average Bonchev–Trinajstić information content (AvgIpc) is 3.69. The number of nitrogens with zero attached hydrogens (tertiary/aromatic N) is 3. The Morgan fingerprint density at radius 2 is 1.60 bits per heavy atom. The molecule has 226 valence electrons. The van der Waals surface area contributed by atoms with E-state index in [0.29, 0.717) is 18.0 Å². The third-order valence-electron chi connectivity index (χ3n) is 9.38. The third-order valence-corrected chi connectivity index (χ3v) is 9.38. The molecule has 3 aromatic rings. The molecule has 2 aromatic carbocycles. The van der Waals surface area contributed by atoms with Crippen LogP contribution in [0, 0.1) is 18.8 Å². The second kappa shape index (κ2) is 12.0. The number of carbonyl (C=O) groups excluding carboxylic acids is 2. The van der Waals surface area contributed by atoms with Crippen LogP contribution in [0.1, 0.15) is 84.5 Å². The molecule has 0 radical (unpaired) electrons. The largest absolute Gasteiger partial charge is 0.416 e. The molecule has 2 unspecified atom stereocenters. The van der Waals surface area contributed by atoms with Crippen LogP contribution in [0.2, 0.25) is 0 Å². The standard InChI is InChI=1S/C33H36F3N5O2/c1-20-9-12-26(16-28(20)33(34,35)36)40-31(42)27-15-22-5-4-8-29(22)41(32(43)23-17-37-19-38-18-23)30(27)21-10-13-25(14-11-21)39-24-6-2-3-7-24/h9-14,16-19,22,24,27,29-30,39H,2-8,15H2,1H3,(H,40,42)/t22-,27?,29-,30?/m1/s1. The van der Waals surface area contributed by atoms with Gasteiger partial charge in [-0.3, -0.25) is 9.59 Å². The molecule has 1 saturated heterocycles. The average molecular weight is 592 g/mol. The van der Waals surface area contributed by atoms with Gasteiger partial charge < -0.3 is 15.5 Å². The van der Waals surface area contributed by atoms with Gasteiger partial charge in [0.2, 0.25) is 5.91 Å². The molecule has 2 aliphatic carbocycles. The van der Waals surface area contributed by atoms with E-state index in [9.17, 15) is 22.8 Å². The van der Waals surface area contributed by atoms with Gasteiger partial charge in [-0.2, -0.15) is 13.2 Å². The maximum absolute atomic E-state index is 14.1. The van der Waals surface area contributed by atoms with Crippen LogP contribution in [-0.4, -0.2) is 38.8 Å². The van der Waals surface area contributed by atoms with Crippen molar-refractivity contribution in [2.24, 2.45) is 11.8 Å². The highest BCUT2D eigenvalue weighted by molar-refractivity contribution is 5.97. The summed E-state index contributed by atoms with van der Waals surface area (Å²) in [5.74, 6) is -1.21. The molecule has 2 heterocycles. The Morgan fingerprint density at radius 3 is 2.30 bits per heavy atom. The van der Waals surface area contributed by atoms with Crippen molar-refractivity contribution in [2.75, 3.05) is 10.6 Å². The van der Waals surface area contributed by atoms with E-state index in [1.165, 1.54) is 50.6 Å². The zero-order valence-corrected chi connectivity index (χ0v) is 24.1. The zero-order chi connectivity index (χ0) is 30.1. The van der Waals surface area contributed by atoms with Gasteiger partial charge in [-0.15, -0.1) is 0 Å². The number of aryl methyl sites for hydroxylation is 1. The predicted molar refractivity (Wildman–Crippen MR) is 157 cm³/mol. The maximum Gasteiger partial charge on any atom is 0.416 e. The highest BCUT2D eigenvalue weighted by Crippen LogP contribution is 2.49. The number of aromatic nitrogens is 2. The monoisotopic (exact) mass is 591 g/mol. The Morgan fingerprint density at radius 1 is 0.907 bits per heavy atom. The van der Waals surface area contributed by atoms with E-state index in [1.807, 2.05) is 29.2 Å². The number of hydrogen-bond acceptors (Lipinski definition) is 5. The van der Waals surface area contributed by atoms with Gasteiger partial charge in [0.25, 0.3) is 5.91 Å². The van der Waals surface area contributed by atoms with E-state index in [1.54, 1.807) is 0 Å². The SMILES string of the molecule is Cc1ccc(NC(=O)C2C[C@H]3CCC[C@H]3N(C(=O)c3cncnc3)C2c2ccc(NC3CCCC3)cc2)cc1C(F)(F)F. The lowest BCUT2D eigenvalue weighted by Crippen LogP contribution is -2.53. The normalized spacial score (nSPS) is 24.0. The summed E-state index contributed by atoms with van der Waals surface area (Å²) in [5, 5.41) is 6.36. The number of nitrogens with one attached hydrogen (secondary N) is 2. The molecule has 3 fully saturated rings. The minimum absolute atomic E-state index is 0.0609. The Labute approximate surface area is 249 Å². The van der Waals surface area contributed by atoms with Crippen LogP contribution in [0.25, 0.3) is 0 Å². The van der Waals surface area contributed by atoms with Crippen LogP contribution in [0.4, 0.5) is 24.5 Å². The van der Waals surface area contributed by atoms with Gasteiger partial charge in [-0.05, 0) is 80.3 Å². The van der Waals surface area contributed by atoms with Crippen molar-refractivity contribution in [1.29, 1.82) is 0 Å². The minimum atomic E-state index is -4.54. The molecule has 2 amide bonds. The molecule has 0 spiro atoms. The van der Waals surface area contributed by atoms with Crippen molar-refractivity contribution in [2.45, 2.75) is 82.6 Å². The summed E-state index contributed by atoms with van der Waals surface area (Å²) in [7, 11) is 0. The van der Waals surface area contributed by atoms with Crippen LogP contribution in [-0.2, 0) is 11.0 Å². The fraction of sp³-hybridized carbons (Fsp3) is 0.455. The van der Waals surface area contributed by atoms with Crippen LogP contribution < -0.4 is 10.6 Å². The molecule has 7 nitrogen and oxygen atoms in total. The van der Waals surface area contributed by atoms with Crippen LogP contribution in [0.5, 0.6) is 0 Å². The second-order valence-corrected chi connectivity index (χ2v) is 12.1. The van der Waals surface area contributed by atoms with Crippen molar-refractivity contribution in [3.05, 3.63) is 83.4 Å². The van der Waals surface area contributed by atoms with Gasteiger partial charge in [0.05, 0.1) is 23.1 Å². The highest BCUT2D eigenvalue weighted by atomic mass is 19.4. The van der Waals surface area contributed by atoms with E-state index < -0.39 is 29.6 Å². The second-order valence-electron chi connectivity index (χ2n) is 12.1. The van der Waals surface area contributed by atoms with Crippen LogP contribution in [0.3, 0.4) is 0 Å². The molecule has 10 heteroatoms. The number of halogens is 3. The topological polar surface area (TPSA) is 87.2 Å². The summed E-state index contributed by atoms with van der Waals surface area (Å²) in [6.45, 7) is 1.40. The lowest BCUT2D eigenvalue weighted by Gasteiger charge is -2.48. The summed E-state index contributed by atoms with van der Waals surface area (Å²) in [5.41, 5.74) is 1.52. The summed E-state index contributed by atoms with van der Waals surface area (Å²) in [6, 6.07) is 11.5. The maximum atomic E-state index is 14.1. The summed E-state index contributed by atoms with van der Waals surface area (Å²) in [6.07, 6.45) is 7.66. The molecule has 0 bridgehead atoms. The Hall–Kier alpha value is -3.95. The van der Waals surface area contributed by atoms with Gasteiger partial charge >= 0.3 is 6.18 Å². The number of alkyl halides is 3. The molecular weight excluding hydrogens is 555 g/mol. The molecule has 6 rings (SSSR count). The van der Waals surface area contributed by atoms with E-state index in [4.69, 9.17) is 0 Å². The van der Waals surface area contributed by atoms with Crippen molar-refractivity contribution >= 4 is 23.2 Å². The first-order valence-corrected chi connectivity index (χ1v) is 15.1. The highest BCUT2D eigenvalue weighted by Gasteiger charge is 2.50. The number of piperidine rings is 1. The van der Waals surface area contributed by atoms with Crippen LogP contribution in [0.15, 0.2) is 61.2 Å². The third kappa shape index (κ3) is 6.10. The molecule has 2 saturated carbocycles. The lowest BCUT2D eigenvalue weighted by molar-refractivity contribution is -0.138. The smallest absolute Gasteiger partial charge is 0.382 e. The van der Waals surface area contributed by atoms with E-state index >= 15 is 0 Å². The first kappa shape index (κ1) is 29.1. The van der Waals surface area contributed by atoms with Crippen molar-refractivity contribution in [1.82, 2.24) is 14.9 Å². The van der Waals surface area contributed by atoms with E-state index in [0.717, 1.165) is 49.4 Å². The van der Waals surface area contributed by atoms with Crippen molar-refractivity contribution < 1.29 is 22.8 Å². The minimum Gasteiger partial charge on any atom is -0.382 e. The summed E-state index contributed by atoms with van der Waals surface area (Å²) < 4.78 is 40.9. The quantitative estimate of drug-likeness (QED) is 0.317. The Kier molecular flexibility index (Phi) is 8.11. The fourth-order valence-corrected chi connectivity index (χ4v) is 7.31. The first-order valence-electron chi connectivity index (χ1n) is 15.1. The van der Waals surface area contributed by atoms with Crippen molar-refractivity contribution in [3.63, 3.8) is 0 Å². The molecule has 1 aromatic heterocycles. The Balaban J connectivity index is 1.36. The molecule has 1 aliphatic heterocycles. The number of amides is 2. The number of rotatable bonds is 6. The number of benzene rings is 2. The van der Waals surface area contributed by atoms with E-state index in [2.05, 4.69) is 20.6 Å². The lowest BCUT2D eigenvalue weighted by atomic mass is 9.76. The number of likely N-dealkylation sites (tertiary alicyclic amines) is 1. The Bertz CT molecular complexity index is 1460.